The zero-order chi connectivity index (χ0) is 12.0. The number of anilines is 2. The molecule has 88 valence electrons. The van der Waals surface area contributed by atoms with Crippen molar-refractivity contribution in [2.24, 2.45) is 0 Å². The maximum absolute atomic E-state index is 11.8. The van der Waals surface area contributed by atoms with Gasteiger partial charge in [0.1, 0.15) is 0 Å². The molecule has 0 fully saturated rings. The summed E-state index contributed by atoms with van der Waals surface area (Å²) in [6.07, 6.45) is 2.49. The molecule has 4 nitrogen and oxygen atoms in total. The molecular weight excluding hydrogens is 234 g/mol. The van der Waals surface area contributed by atoms with E-state index in [1.54, 1.807) is 6.20 Å². The van der Waals surface area contributed by atoms with Gasteiger partial charge in [0.2, 0.25) is 0 Å². The van der Waals surface area contributed by atoms with E-state index in [1.807, 2.05) is 19.2 Å². The van der Waals surface area contributed by atoms with Gasteiger partial charge < -0.3 is 11.1 Å². The number of nitrogens with zero attached hydrogens (tertiary/aromatic N) is 1. The van der Waals surface area contributed by atoms with Crippen LogP contribution in [-0.4, -0.2) is 22.0 Å². The lowest BCUT2D eigenvalue weighted by molar-refractivity contribution is 0.685. The molecule has 0 saturated carbocycles. The van der Waals surface area contributed by atoms with Crippen LogP contribution in [0.1, 0.15) is 5.56 Å². The highest BCUT2D eigenvalue weighted by Crippen LogP contribution is 2.36. The van der Waals surface area contributed by atoms with Gasteiger partial charge in [-0.25, -0.2) is 0 Å². The molecule has 0 bridgehead atoms. The van der Waals surface area contributed by atoms with Crippen LogP contribution in [0.25, 0.3) is 10.9 Å². The first-order chi connectivity index (χ1) is 8.22. The highest BCUT2D eigenvalue weighted by molar-refractivity contribution is 7.85. The van der Waals surface area contributed by atoms with Crippen molar-refractivity contribution >= 4 is 33.1 Å². The number of aryl methyl sites for hydroxylation is 1. The van der Waals surface area contributed by atoms with Gasteiger partial charge in [-0.05, 0) is 24.1 Å². The molecule has 0 aliphatic carbocycles. The summed E-state index contributed by atoms with van der Waals surface area (Å²) in [6, 6.07) is 3.83. The predicted octanol–water partition coefficient (Wildman–Crippen LogP) is 1.52. The Morgan fingerprint density at radius 1 is 1.47 bits per heavy atom. The fraction of sp³-hybridized carbons (Fsp3) is 0.250. The number of benzene rings is 1. The SMILES string of the molecule is CNc1c(N)cnc2ccc3c(c12)CCS3=O. The molecule has 1 aliphatic rings. The van der Waals surface area contributed by atoms with Gasteiger partial charge in [-0.15, -0.1) is 0 Å². The minimum atomic E-state index is -0.867. The molecule has 2 aromatic rings. The molecule has 1 aliphatic heterocycles. The lowest BCUT2D eigenvalue weighted by Crippen LogP contribution is -2.00. The average molecular weight is 247 g/mol. The lowest BCUT2D eigenvalue weighted by Gasteiger charge is -2.11. The summed E-state index contributed by atoms with van der Waals surface area (Å²) in [7, 11) is 0.977. The summed E-state index contributed by atoms with van der Waals surface area (Å²) < 4.78 is 11.8. The third-order valence-electron chi connectivity index (χ3n) is 3.16. The van der Waals surface area contributed by atoms with E-state index in [2.05, 4.69) is 10.3 Å². The van der Waals surface area contributed by atoms with Crippen LogP contribution in [0.15, 0.2) is 23.2 Å². The van der Waals surface area contributed by atoms with Crippen LogP contribution in [0.3, 0.4) is 0 Å². The van der Waals surface area contributed by atoms with Gasteiger partial charge in [0.25, 0.3) is 0 Å². The van der Waals surface area contributed by atoms with Crippen molar-refractivity contribution in [3.8, 4) is 0 Å². The van der Waals surface area contributed by atoms with E-state index in [1.165, 1.54) is 0 Å². The summed E-state index contributed by atoms with van der Waals surface area (Å²) >= 11 is 0. The number of nitrogens with two attached hydrogens (primary N) is 1. The Morgan fingerprint density at radius 2 is 2.29 bits per heavy atom. The monoisotopic (exact) mass is 247 g/mol. The quantitative estimate of drug-likeness (QED) is 0.801. The maximum Gasteiger partial charge on any atom is 0.0743 e. The molecule has 1 atom stereocenters. The summed E-state index contributed by atoms with van der Waals surface area (Å²) in [5.74, 6) is 0.701. The number of rotatable bonds is 1. The summed E-state index contributed by atoms with van der Waals surface area (Å²) in [4.78, 5) is 5.26. The first kappa shape index (κ1) is 10.5. The first-order valence-corrected chi connectivity index (χ1v) is 6.80. The normalized spacial score (nSPS) is 18.3. The minimum absolute atomic E-state index is 0.631. The standard InChI is InChI=1S/C12H13N3OS/c1-14-12-8(13)6-15-9-2-3-10-7(11(9)12)4-5-17(10)16/h2-3,6H,4-5,13H2,1H3,(H,14,15). The largest absolute Gasteiger partial charge is 0.396 e. The molecular formula is C12H13N3OS. The third-order valence-corrected chi connectivity index (χ3v) is 4.61. The highest BCUT2D eigenvalue weighted by atomic mass is 32.2. The van der Waals surface area contributed by atoms with Gasteiger partial charge in [0, 0.05) is 23.1 Å². The molecule has 1 aromatic heterocycles. The number of nitrogen functional groups attached to an aromatic ring is 1. The fourth-order valence-electron chi connectivity index (χ4n) is 2.39. The van der Waals surface area contributed by atoms with Gasteiger partial charge >= 0.3 is 0 Å². The van der Waals surface area contributed by atoms with Crippen LogP contribution in [0.5, 0.6) is 0 Å². The van der Waals surface area contributed by atoms with E-state index >= 15 is 0 Å². The molecule has 0 spiro atoms. The average Bonchev–Trinajstić information content (AvgIpc) is 2.71. The van der Waals surface area contributed by atoms with Crippen LogP contribution in [0, 0.1) is 0 Å². The summed E-state index contributed by atoms with van der Waals surface area (Å²) in [5, 5.41) is 4.14. The Kier molecular flexibility index (Phi) is 2.29. The van der Waals surface area contributed by atoms with Crippen LogP contribution < -0.4 is 11.1 Å². The molecule has 0 amide bonds. The highest BCUT2D eigenvalue weighted by Gasteiger charge is 2.22. The molecule has 0 saturated heterocycles. The summed E-state index contributed by atoms with van der Waals surface area (Å²) in [6.45, 7) is 0. The molecule has 3 N–H and O–H groups in total. The topological polar surface area (TPSA) is 68.0 Å². The fourth-order valence-corrected chi connectivity index (χ4v) is 3.69. The van der Waals surface area contributed by atoms with Crippen molar-refractivity contribution in [1.82, 2.24) is 4.98 Å². The Bertz CT molecular complexity index is 639. The first-order valence-electron chi connectivity index (χ1n) is 5.48. The van der Waals surface area contributed by atoms with Crippen molar-refractivity contribution in [3.63, 3.8) is 0 Å². The number of pyridine rings is 1. The Morgan fingerprint density at radius 3 is 3.06 bits per heavy atom. The number of hydrogen-bond acceptors (Lipinski definition) is 4. The zero-order valence-electron chi connectivity index (χ0n) is 9.49. The van der Waals surface area contributed by atoms with Crippen LogP contribution >= 0.6 is 0 Å². The molecule has 0 radical (unpaired) electrons. The lowest BCUT2D eigenvalue weighted by atomic mass is 10.0. The molecule has 3 rings (SSSR count). The molecule has 17 heavy (non-hydrogen) atoms. The van der Waals surface area contributed by atoms with Crippen molar-refractivity contribution in [2.75, 3.05) is 23.9 Å². The van der Waals surface area contributed by atoms with Crippen molar-refractivity contribution in [1.29, 1.82) is 0 Å². The molecule has 5 heteroatoms. The summed E-state index contributed by atoms with van der Waals surface area (Å²) in [5.41, 5.74) is 9.48. The Balaban J connectivity index is 2.46. The van der Waals surface area contributed by atoms with Gasteiger partial charge in [-0.1, -0.05) is 0 Å². The van der Waals surface area contributed by atoms with Crippen LogP contribution in [0.4, 0.5) is 11.4 Å². The predicted molar refractivity (Wildman–Crippen MR) is 70.7 cm³/mol. The Labute approximate surface area is 102 Å². The van der Waals surface area contributed by atoms with E-state index in [0.717, 1.165) is 33.5 Å². The second-order valence-electron chi connectivity index (χ2n) is 4.07. The van der Waals surface area contributed by atoms with E-state index in [0.29, 0.717) is 11.4 Å². The molecule has 1 unspecified atom stereocenters. The minimum Gasteiger partial charge on any atom is -0.396 e. The van der Waals surface area contributed by atoms with Crippen molar-refractivity contribution in [3.05, 3.63) is 23.9 Å². The number of fused-ring (bicyclic) bond motifs is 3. The van der Waals surface area contributed by atoms with Gasteiger partial charge in [0.05, 0.1) is 33.9 Å². The second kappa shape index (κ2) is 3.70. The smallest absolute Gasteiger partial charge is 0.0743 e. The van der Waals surface area contributed by atoms with Crippen molar-refractivity contribution < 1.29 is 4.21 Å². The zero-order valence-corrected chi connectivity index (χ0v) is 10.3. The van der Waals surface area contributed by atoms with E-state index in [4.69, 9.17) is 5.73 Å². The van der Waals surface area contributed by atoms with E-state index in [-0.39, 0.29) is 0 Å². The second-order valence-corrected chi connectivity index (χ2v) is 5.61. The Hall–Kier alpha value is -1.62. The van der Waals surface area contributed by atoms with Gasteiger partial charge in [0.15, 0.2) is 0 Å². The molecule has 1 aromatic carbocycles. The van der Waals surface area contributed by atoms with E-state index in [9.17, 15) is 4.21 Å². The van der Waals surface area contributed by atoms with Crippen molar-refractivity contribution in [2.45, 2.75) is 11.3 Å². The number of hydrogen-bond donors (Lipinski definition) is 2. The van der Waals surface area contributed by atoms with Gasteiger partial charge in [-0.3, -0.25) is 9.19 Å². The van der Waals surface area contributed by atoms with Crippen LogP contribution in [-0.2, 0) is 17.2 Å². The maximum atomic E-state index is 11.8. The number of nitrogens with one attached hydrogen (secondary N) is 1. The third kappa shape index (κ3) is 1.42. The van der Waals surface area contributed by atoms with Gasteiger partial charge in [-0.2, -0.15) is 0 Å². The van der Waals surface area contributed by atoms with E-state index < -0.39 is 10.8 Å². The number of aromatic nitrogens is 1. The molecule has 2 heterocycles. The van der Waals surface area contributed by atoms with Crippen LogP contribution in [0.2, 0.25) is 0 Å².